The lowest BCUT2D eigenvalue weighted by Crippen LogP contribution is -2.57. The monoisotopic (exact) mass is 256 g/mol. The summed E-state index contributed by atoms with van der Waals surface area (Å²) in [5.74, 6) is -0.316. The van der Waals surface area contributed by atoms with Crippen LogP contribution in [-0.2, 0) is 5.79 Å². The van der Waals surface area contributed by atoms with Crippen LogP contribution in [0.25, 0.3) is 0 Å². The Kier molecular flexibility index (Phi) is 2.54. The largest absolute Gasteiger partial charge is 0.477 e. The molecule has 1 atom stereocenters. The fourth-order valence-electron chi connectivity index (χ4n) is 2.32. The maximum atomic E-state index is 11.0. The summed E-state index contributed by atoms with van der Waals surface area (Å²) in [4.78, 5) is 0. The summed E-state index contributed by atoms with van der Waals surface area (Å²) in [5.41, 5.74) is -0.211. The van der Waals surface area contributed by atoms with E-state index in [4.69, 9.17) is 9.47 Å². The number of benzene rings is 2. The molecule has 3 rings (SSSR count). The fourth-order valence-corrected chi connectivity index (χ4v) is 2.32. The lowest BCUT2D eigenvalue weighted by Gasteiger charge is -2.46. The first-order valence-corrected chi connectivity index (χ1v) is 6.28. The molecule has 98 valence electrons. The minimum Gasteiger partial charge on any atom is -0.477 e. The van der Waals surface area contributed by atoms with Crippen molar-refractivity contribution in [2.24, 2.45) is 0 Å². The van der Waals surface area contributed by atoms with Gasteiger partial charge >= 0.3 is 0 Å². The molecule has 0 amide bonds. The Morgan fingerprint density at radius 3 is 1.95 bits per heavy atom. The van der Waals surface area contributed by atoms with Crippen molar-refractivity contribution < 1.29 is 14.6 Å². The van der Waals surface area contributed by atoms with Gasteiger partial charge in [-0.05, 0) is 26.0 Å². The molecule has 0 aromatic heterocycles. The number of aliphatic hydroxyl groups is 1. The van der Waals surface area contributed by atoms with Crippen molar-refractivity contribution in [1.29, 1.82) is 0 Å². The molecule has 3 heteroatoms. The van der Waals surface area contributed by atoms with Gasteiger partial charge in [-0.15, -0.1) is 0 Å². The van der Waals surface area contributed by atoms with Crippen LogP contribution in [0.5, 0.6) is 11.5 Å². The average Bonchev–Trinajstić information content (AvgIpc) is 2.40. The molecule has 19 heavy (non-hydrogen) atoms. The summed E-state index contributed by atoms with van der Waals surface area (Å²) < 4.78 is 11.8. The lowest BCUT2D eigenvalue weighted by atomic mass is 9.89. The Hall–Kier alpha value is -2.00. The van der Waals surface area contributed by atoms with Crippen LogP contribution in [0.4, 0.5) is 0 Å². The average molecular weight is 256 g/mol. The minimum atomic E-state index is -1.51. The zero-order chi connectivity index (χ0) is 13.5. The van der Waals surface area contributed by atoms with E-state index in [0.717, 1.165) is 0 Å². The predicted octanol–water partition coefficient (Wildman–Crippen LogP) is 3.08. The highest BCUT2D eigenvalue weighted by molar-refractivity contribution is 5.43. The van der Waals surface area contributed by atoms with Gasteiger partial charge in [-0.1, -0.05) is 42.5 Å². The van der Waals surface area contributed by atoms with E-state index in [9.17, 15) is 5.11 Å². The van der Waals surface area contributed by atoms with E-state index in [1.54, 1.807) is 6.07 Å². The Morgan fingerprint density at radius 1 is 0.789 bits per heavy atom. The van der Waals surface area contributed by atoms with Crippen LogP contribution in [-0.4, -0.2) is 10.7 Å². The summed E-state index contributed by atoms with van der Waals surface area (Å²) in [6, 6.07) is 16.7. The van der Waals surface area contributed by atoms with Gasteiger partial charge in [-0.3, -0.25) is 0 Å². The van der Waals surface area contributed by atoms with E-state index in [1.165, 1.54) is 0 Å². The number of para-hydroxylation sites is 2. The Balaban J connectivity index is 2.12. The minimum absolute atomic E-state index is 0.549. The standard InChI is InChI=1S/C16H16O3/c1-15(2)16(17,12-8-4-3-5-9-12)19-14-11-7-6-10-13(14)18-15/h3-11,17H,1-2H3. The van der Waals surface area contributed by atoms with Crippen molar-refractivity contribution in [1.82, 2.24) is 0 Å². The third-order valence-corrected chi connectivity index (χ3v) is 3.45. The second-order valence-electron chi connectivity index (χ2n) is 5.17. The Morgan fingerprint density at radius 2 is 1.32 bits per heavy atom. The molecule has 0 fully saturated rings. The first-order chi connectivity index (χ1) is 9.03. The Labute approximate surface area is 112 Å². The molecule has 1 unspecified atom stereocenters. The van der Waals surface area contributed by atoms with Crippen molar-refractivity contribution in [2.45, 2.75) is 25.2 Å². The topological polar surface area (TPSA) is 38.7 Å². The summed E-state index contributed by atoms with van der Waals surface area (Å²) in [7, 11) is 0. The second-order valence-corrected chi connectivity index (χ2v) is 5.17. The number of rotatable bonds is 1. The normalized spacial score (nSPS) is 23.9. The molecular formula is C16H16O3. The molecule has 0 spiro atoms. The molecule has 3 nitrogen and oxygen atoms in total. The van der Waals surface area contributed by atoms with E-state index >= 15 is 0 Å². The Bertz CT molecular complexity index is 592. The molecular weight excluding hydrogens is 240 g/mol. The molecule has 2 aromatic rings. The smallest absolute Gasteiger partial charge is 0.274 e. The van der Waals surface area contributed by atoms with E-state index < -0.39 is 11.4 Å². The SMILES string of the molecule is CC1(C)Oc2ccccc2OC1(O)c1ccccc1. The van der Waals surface area contributed by atoms with Crippen molar-refractivity contribution >= 4 is 0 Å². The van der Waals surface area contributed by atoms with Gasteiger partial charge in [0, 0.05) is 5.56 Å². The van der Waals surface area contributed by atoms with E-state index in [1.807, 2.05) is 62.4 Å². The quantitative estimate of drug-likeness (QED) is 0.852. The van der Waals surface area contributed by atoms with E-state index in [-0.39, 0.29) is 0 Å². The van der Waals surface area contributed by atoms with Gasteiger partial charge in [0.05, 0.1) is 0 Å². The third kappa shape index (κ3) is 1.78. The van der Waals surface area contributed by atoms with Gasteiger partial charge in [0.25, 0.3) is 5.79 Å². The van der Waals surface area contributed by atoms with Crippen LogP contribution >= 0.6 is 0 Å². The zero-order valence-electron chi connectivity index (χ0n) is 11.0. The first-order valence-electron chi connectivity index (χ1n) is 6.28. The van der Waals surface area contributed by atoms with E-state index in [2.05, 4.69) is 0 Å². The van der Waals surface area contributed by atoms with Crippen LogP contribution in [0, 0.1) is 0 Å². The summed E-state index contributed by atoms with van der Waals surface area (Å²) in [6.45, 7) is 3.63. The molecule has 0 aliphatic carbocycles. The molecule has 1 heterocycles. The van der Waals surface area contributed by atoms with Crippen LogP contribution < -0.4 is 9.47 Å². The number of hydrogen-bond acceptors (Lipinski definition) is 3. The lowest BCUT2D eigenvalue weighted by molar-refractivity contribution is -0.259. The fraction of sp³-hybridized carbons (Fsp3) is 0.250. The highest BCUT2D eigenvalue weighted by Gasteiger charge is 2.53. The molecule has 1 aliphatic rings. The van der Waals surface area contributed by atoms with Crippen molar-refractivity contribution in [3.05, 3.63) is 60.2 Å². The van der Waals surface area contributed by atoms with Crippen molar-refractivity contribution in [2.75, 3.05) is 0 Å². The summed E-state index contributed by atoms with van der Waals surface area (Å²) >= 11 is 0. The van der Waals surface area contributed by atoms with Gasteiger partial charge in [-0.25, -0.2) is 0 Å². The molecule has 0 saturated heterocycles. The van der Waals surface area contributed by atoms with Crippen LogP contribution in [0.15, 0.2) is 54.6 Å². The van der Waals surface area contributed by atoms with Gasteiger partial charge in [-0.2, -0.15) is 0 Å². The second kappa shape index (κ2) is 4.00. The highest BCUT2D eigenvalue weighted by Crippen LogP contribution is 2.46. The molecule has 1 N–H and O–H groups in total. The molecule has 1 aliphatic heterocycles. The highest BCUT2D eigenvalue weighted by atomic mass is 16.7. The molecule has 2 aromatic carbocycles. The van der Waals surface area contributed by atoms with Gasteiger partial charge in [0.1, 0.15) is 0 Å². The van der Waals surface area contributed by atoms with Crippen molar-refractivity contribution in [3.8, 4) is 11.5 Å². The first kappa shape index (κ1) is 12.1. The van der Waals surface area contributed by atoms with Crippen molar-refractivity contribution in [3.63, 3.8) is 0 Å². The summed E-state index contributed by atoms with van der Waals surface area (Å²) in [6.07, 6.45) is 0. The van der Waals surface area contributed by atoms with Gasteiger partial charge < -0.3 is 14.6 Å². The molecule has 0 saturated carbocycles. The van der Waals surface area contributed by atoms with Gasteiger partial charge in [0.2, 0.25) is 0 Å². The predicted molar refractivity (Wildman–Crippen MR) is 72.1 cm³/mol. The molecule has 0 radical (unpaired) electrons. The maximum Gasteiger partial charge on any atom is 0.274 e. The third-order valence-electron chi connectivity index (χ3n) is 3.45. The van der Waals surface area contributed by atoms with E-state index in [0.29, 0.717) is 17.1 Å². The van der Waals surface area contributed by atoms with Crippen LogP contribution in [0.2, 0.25) is 0 Å². The maximum absolute atomic E-state index is 11.0. The number of hydrogen-bond donors (Lipinski definition) is 1. The van der Waals surface area contributed by atoms with Crippen LogP contribution in [0.1, 0.15) is 19.4 Å². The van der Waals surface area contributed by atoms with Crippen LogP contribution in [0.3, 0.4) is 0 Å². The number of ether oxygens (including phenoxy) is 2. The summed E-state index contributed by atoms with van der Waals surface area (Å²) in [5, 5.41) is 11.0. The number of fused-ring (bicyclic) bond motifs is 1. The molecule has 0 bridgehead atoms. The zero-order valence-corrected chi connectivity index (χ0v) is 11.0. The van der Waals surface area contributed by atoms with Gasteiger partial charge in [0.15, 0.2) is 17.1 Å².